The maximum Gasteiger partial charge on any atom is 0.234 e. The molecule has 0 atom stereocenters. The Hall–Kier alpha value is -3.00. The summed E-state index contributed by atoms with van der Waals surface area (Å²) in [7, 11) is 3.25. The van der Waals surface area contributed by atoms with E-state index in [0.717, 1.165) is 40.6 Å². The van der Waals surface area contributed by atoms with Crippen LogP contribution in [0, 0.1) is 6.92 Å². The van der Waals surface area contributed by atoms with Crippen LogP contribution in [-0.4, -0.2) is 40.6 Å². The molecule has 174 valence electrons. The average molecular weight is 467 g/mol. The zero-order valence-electron chi connectivity index (χ0n) is 19.3. The van der Waals surface area contributed by atoms with Gasteiger partial charge in [0.2, 0.25) is 5.91 Å². The van der Waals surface area contributed by atoms with Crippen LogP contribution in [0.15, 0.2) is 47.6 Å². The molecule has 0 spiro atoms. The highest BCUT2D eigenvalue weighted by atomic mass is 32.2. The largest absolute Gasteiger partial charge is 0.493 e. The van der Waals surface area contributed by atoms with E-state index in [1.165, 1.54) is 31.0 Å². The number of hydrogen-bond acceptors (Lipinski definition) is 6. The van der Waals surface area contributed by atoms with Crippen molar-refractivity contribution >= 4 is 23.4 Å². The lowest BCUT2D eigenvalue weighted by Crippen LogP contribution is -2.17. The third kappa shape index (κ3) is 5.33. The summed E-state index contributed by atoms with van der Waals surface area (Å²) in [5.41, 5.74) is 2.79. The van der Waals surface area contributed by atoms with Crippen molar-refractivity contribution in [3.8, 4) is 22.9 Å². The fourth-order valence-electron chi connectivity index (χ4n) is 4.25. The van der Waals surface area contributed by atoms with E-state index < -0.39 is 0 Å². The lowest BCUT2D eigenvalue weighted by Gasteiger charge is -2.25. The smallest absolute Gasteiger partial charge is 0.234 e. The zero-order chi connectivity index (χ0) is 23.2. The first-order valence-electron chi connectivity index (χ1n) is 11.3. The number of nitrogens with zero attached hydrogens (tertiary/aromatic N) is 3. The van der Waals surface area contributed by atoms with Gasteiger partial charge in [0.1, 0.15) is 0 Å². The van der Waals surface area contributed by atoms with Crippen LogP contribution in [0.1, 0.15) is 43.7 Å². The van der Waals surface area contributed by atoms with Crippen molar-refractivity contribution in [2.75, 3.05) is 25.3 Å². The molecule has 8 heteroatoms. The minimum Gasteiger partial charge on any atom is -0.493 e. The van der Waals surface area contributed by atoms with Crippen LogP contribution >= 0.6 is 11.8 Å². The molecule has 1 heterocycles. The Labute approximate surface area is 198 Å². The van der Waals surface area contributed by atoms with Crippen LogP contribution in [0.5, 0.6) is 11.5 Å². The molecule has 1 N–H and O–H groups in total. The quantitative estimate of drug-likeness (QED) is 0.441. The summed E-state index contributed by atoms with van der Waals surface area (Å²) < 4.78 is 13.1. The van der Waals surface area contributed by atoms with Gasteiger partial charge < -0.3 is 14.8 Å². The van der Waals surface area contributed by atoms with Crippen molar-refractivity contribution in [3.63, 3.8) is 0 Å². The van der Waals surface area contributed by atoms with Gasteiger partial charge in [-0.15, -0.1) is 10.2 Å². The Morgan fingerprint density at radius 2 is 1.82 bits per heavy atom. The summed E-state index contributed by atoms with van der Waals surface area (Å²) in [6.45, 7) is 1.98. The number of ether oxygens (including phenoxy) is 2. The molecule has 1 saturated carbocycles. The summed E-state index contributed by atoms with van der Waals surface area (Å²) >= 11 is 1.43. The minimum absolute atomic E-state index is 0.0554. The van der Waals surface area contributed by atoms with E-state index in [2.05, 4.69) is 20.1 Å². The highest BCUT2D eigenvalue weighted by Crippen LogP contribution is 2.38. The Bertz CT molecular complexity index is 1110. The third-order valence-corrected chi connectivity index (χ3v) is 6.94. The number of aryl methyl sites for hydroxylation is 1. The number of anilines is 1. The lowest BCUT2D eigenvalue weighted by atomic mass is 9.95. The summed E-state index contributed by atoms with van der Waals surface area (Å²) in [5.74, 6) is 2.34. The highest BCUT2D eigenvalue weighted by molar-refractivity contribution is 7.99. The minimum atomic E-state index is -0.0554. The number of amides is 1. The fraction of sp³-hybridized carbons (Fsp3) is 0.400. The van der Waals surface area contributed by atoms with Crippen molar-refractivity contribution in [2.45, 2.75) is 50.2 Å². The van der Waals surface area contributed by atoms with E-state index in [0.29, 0.717) is 17.5 Å². The van der Waals surface area contributed by atoms with E-state index in [-0.39, 0.29) is 11.7 Å². The number of nitrogens with one attached hydrogen (secondary N) is 1. The van der Waals surface area contributed by atoms with Crippen molar-refractivity contribution in [3.05, 3.63) is 48.0 Å². The van der Waals surface area contributed by atoms with Crippen molar-refractivity contribution in [2.24, 2.45) is 0 Å². The van der Waals surface area contributed by atoms with Crippen LogP contribution in [-0.2, 0) is 4.79 Å². The van der Waals surface area contributed by atoms with Crippen LogP contribution in [0.25, 0.3) is 11.4 Å². The van der Waals surface area contributed by atoms with E-state index in [9.17, 15) is 4.79 Å². The van der Waals surface area contributed by atoms with Gasteiger partial charge in [0, 0.05) is 17.3 Å². The first-order valence-corrected chi connectivity index (χ1v) is 12.2. The second-order valence-corrected chi connectivity index (χ2v) is 9.13. The number of aromatic nitrogens is 3. The molecule has 1 aliphatic carbocycles. The van der Waals surface area contributed by atoms with Gasteiger partial charge in [0.25, 0.3) is 0 Å². The van der Waals surface area contributed by atoms with Gasteiger partial charge in [-0.2, -0.15) is 0 Å². The van der Waals surface area contributed by atoms with Crippen LogP contribution in [0.4, 0.5) is 5.69 Å². The number of benzene rings is 2. The van der Waals surface area contributed by atoms with E-state index in [1.54, 1.807) is 14.2 Å². The number of hydrogen-bond donors (Lipinski definition) is 1. The summed E-state index contributed by atoms with van der Waals surface area (Å²) in [6, 6.07) is 13.9. The van der Waals surface area contributed by atoms with Gasteiger partial charge in [-0.25, -0.2) is 0 Å². The Kier molecular flexibility index (Phi) is 7.54. The topological polar surface area (TPSA) is 78.3 Å². The molecule has 1 fully saturated rings. The molecule has 4 rings (SSSR count). The number of thioether (sulfide) groups is 1. The van der Waals surface area contributed by atoms with Gasteiger partial charge in [0.15, 0.2) is 22.5 Å². The normalized spacial score (nSPS) is 14.2. The average Bonchev–Trinajstić information content (AvgIpc) is 3.28. The van der Waals surface area contributed by atoms with Gasteiger partial charge >= 0.3 is 0 Å². The Morgan fingerprint density at radius 1 is 1.06 bits per heavy atom. The lowest BCUT2D eigenvalue weighted by molar-refractivity contribution is -0.113. The maximum absolute atomic E-state index is 12.6. The van der Waals surface area contributed by atoms with Crippen molar-refractivity contribution in [1.82, 2.24) is 14.8 Å². The van der Waals surface area contributed by atoms with E-state index in [4.69, 9.17) is 9.47 Å². The van der Waals surface area contributed by atoms with Gasteiger partial charge in [-0.1, -0.05) is 49.2 Å². The molecule has 0 saturated heterocycles. The van der Waals surface area contributed by atoms with Crippen LogP contribution in [0.2, 0.25) is 0 Å². The molecule has 0 aliphatic heterocycles. The number of carbonyl (C=O) groups is 1. The molecule has 33 heavy (non-hydrogen) atoms. The number of rotatable bonds is 8. The predicted molar refractivity (Wildman–Crippen MR) is 131 cm³/mol. The van der Waals surface area contributed by atoms with Crippen molar-refractivity contribution < 1.29 is 14.3 Å². The van der Waals surface area contributed by atoms with Crippen molar-refractivity contribution in [1.29, 1.82) is 0 Å². The number of para-hydroxylation sites is 1. The number of carbonyl (C=O) groups excluding carboxylic acids is 1. The first kappa shape index (κ1) is 23.2. The molecule has 1 aliphatic rings. The third-order valence-electron chi connectivity index (χ3n) is 6.00. The second-order valence-electron chi connectivity index (χ2n) is 8.19. The maximum atomic E-state index is 12.6. The molecular formula is C25H30N4O3S. The van der Waals surface area contributed by atoms with Gasteiger partial charge in [-0.05, 0) is 49.6 Å². The molecular weight excluding hydrogens is 436 g/mol. The van der Waals surface area contributed by atoms with E-state index >= 15 is 0 Å². The molecule has 0 bridgehead atoms. The molecule has 7 nitrogen and oxygen atoms in total. The first-order chi connectivity index (χ1) is 16.1. The summed E-state index contributed by atoms with van der Waals surface area (Å²) in [6.07, 6.45) is 5.80. The van der Waals surface area contributed by atoms with Gasteiger partial charge in [-0.3, -0.25) is 9.36 Å². The molecule has 0 radical (unpaired) electrons. The molecule has 1 amide bonds. The summed E-state index contributed by atoms with van der Waals surface area (Å²) in [4.78, 5) is 12.6. The zero-order valence-corrected chi connectivity index (χ0v) is 20.2. The SMILES string of the molecule is COc1ccc(-c2nnc(SCC(=O)Nc3ccccc3C)n2C2CCCCC2)cc1OC. The monoisotopic (exact) mass is 466 g/mol. The molecule has 3 aromatic rings. The Morgan fingerprint density at radius 3 is 2.55 bits per heavy atom. The van der Waals surface area contributed by atoms with Crippen LogP contribution in [0.3, 0.4) is 0 Å². The van der Waals surface area contributed by atoms with E-state index in [1.807, 2.05) is 49.4 Å². The van der Waals surface area contributed by atoms with Crippen LogP contribution < -0.4 is 14.8 Å². The molecule has 0 unspecified atom stereocenters. The standard InChI is InChI=1S/C25H30N4O3S/c1-17-9-7-8-12-20(17)26-23(30)16-33-25-28-27-24(29(25)19-10-5-4-6-11-19)18-13-14-21(31-2)22(15-18)32-3/h7-9,12-15,19H,4-6,10-11,16H2,1-3H3,(H,26,30). The molecule has 1 aromatic heterocycles. The van der Waals surface area contributed by atoms with Gasteiger partial charge in [0.05, 0.1) is 20.0 Å². The summed E-state index contributed by atoms with van der Waals surface area (Å²) in [5, 5.41) is 12.8. The second kappa shape index (κ2) is 10.7. The Balaban J connectivity index is 1.59. The fourth-order valence-corrected chi connectivity index (χ4v) is 5.05. The highest BCUT2D eigenvalue weighted by Gasteiger charge is 2.25. The number of methoxy groups -OCH3 is 2. The molecule has 2 aromatic carbocycles. The predicted octanol–water partition coefficient (Wildman–Crippen LogP) is 5.51.